The number of non-ortho nitro benzene ring substituents is 1. The number of nitrogens with one attached hydrogen (secondary N) is 1. The smallest absolute Gasteiger partial charge is 0.271 e. The quantitative estimate of drug-likeness (QED) is 0.437. The molecule has 110 valence electrons. The molecular weight excluding hydrogens is 304 g/mol. The van der Waals surface area contributed by atoms with E-state index in [1.807, 2.05) is 12.1 Å². The van der Waals surface area contributed by atoms with E-state index in [1.54, 1.807) is 12.1 Å². The minimum Gasteiger partial charge on any atom is -0.506 e. The second kappa shape index (κ2) is 5.45. The summed E-state index contributed by atoms with van der Waals surface area (Å²) in [6.45, 7) is 0. The molecule has 0 aliphatic carbocycles. The van der Waals surface area contributed by atoms with Crippen LogP contribution in [0.25, 0.3) is 10.1 Å². The Morgan fingerprint density at radius 2 is 1.91 bits per heavy atom. The van der Waals surface area contributed by atoms with E-state index in [1.165, 1.54) is 35.6 Å². The van der Waals surface area contributed by atoms with E-state index in [2.05, 4.69) is 5.32 Å². The summed E-state index contributed by atoms with van der Waals surface area (Å²) in [5, 5.41) is 24.6. The zero-order valence-electron chi connectivity index (χ0n) is 11.1. The molecule has 0 radical (unpaired) electrons. The summed E-state index contributed by atoms with van der Waals surface area (Å²) in [7, 11) is 0. The van der Waals surface area contributed by atoms with Gasteiger partial charge in [0.15, 0.2) is 5.43 Å². The lowest BCUT2D eigenvalue weighted by Gasteiger charge is -2.08. The average Bonchev–Trinajstić information content (AvgIpc) is 2.49. The first-order valence-corrected chi connectivity index (χ1v) is 7.13. The standard InChI is InChI=1S/C15H10N2O4S/c18-12-6-5-9(17(20)21)7-11(12)16-15-8-13(19)10-3-1-2-4-14(10)22-15/h1-8,16,18H. The zero-order valence-corrected chi connectivity index (χ0v) is 12.0. The number of nitrogens with zero attached hydrogens (tertiary/aromatic N) is 1. The van der Waals surface area contributed by atoms with Crippen molar-refractivity contribution in [1.82, 2.24) is 0 Å². The minimum atomic E-state index is -0.548. The zero-order chi connectivity index (χ0) is 15.7. The fraction of sp³-hybridized carbons (Fsp3) is 0. The van der Waals surface area contributed by atoms with Crippen molar-refractivity contribution < 1.29 is 10.0 Å². The first-order chi connectivity index (χ1) is 10.5. The Kier molecular flexibility index (Phi) is 3.48. The molecule has 0 spiro atoms. The maximum absolute atomic E-state index is 12.0. The van der Waals surface area contributed by atoms with Crippen LogP contribution in [-0.2, 0) is 0 Å². The Labute approximate surface area is 128 Å². The topological polar surface area (TPSA) is 92.5 Å². The summed E-state index contributed by atoms with van der Waals surface area (Å²) < 4.78 is 0.794. The highest BCUT2D eigenvalue weighted by molar-refractivity contribution is 7.22. The largest absolute Gasteiger partial charge is 0.506 e. The molecule has 22 heavy (non-hydrogen) atoms. The molecular formula is C15H10N2O4S. The van der Waals surface area contributed by atoms with Gasteiger partial charge in [-0.15, -0.1) is 11.3 Å². The number of hydrogen-bond acceptors (Lipinski definition) is 6. The summed E-state index contributed by atoms with van der Waals surface area (Å²) in [5.41, 5.74) is -0.115. The van der Waals surface area contributed by atoms with Gasteiger partial charge in [-0.3, -0.25) is 14.9 Å². The Morgan fingerprint density at radius 1 is 1.14 bits per heavy atom. The number of fused-ring (bicyclic) bond motifs is 1. The molecule has 0 saturated carbocycles. The number of phenolic OH excluding ortho intramolecular Hbond substituents is 1. The fourth-order valence-electron chi connectivity index (χ4n) is 2.04. The van der Waals surface area contributed by atoms with Crippen molar-refractivity contribution in [2.75, 3.05) is 5.32 Å². The molecule has 1 aromatic heterocycles. The molecule has 2 aromatic carbocycles. The van der Waals surface area contributed by atoms with E-state index in [4.69, 9.17) is 0 Å². The van der Waals surface area contributed by atoms with Gasteiger partial charge in [-0.05, 0) is 18.2 Å². The molecule has 0 atom stereocenters. The maximum Gasteiger partial charge on any atom is 0.271 e. The van der Waals surface area contributed by atoms with Crippen LogP contribution in [0.4, 0.5) is 16.4 Å². The molecule has 3 rings (SSSR count). The third-order valence-electron chi connectivity index (χ3n) is 3.08. The molecule has 6 nitrogen and oxygen atoms in total. The fourth-order valence-corrected chi connectivity index (χ4v) is 3.03. The van der Waals surface area contributed by atoms with Gasteiger partial charge in [0.1, 0.15) is 5.75 Å². The number of aromatic hydroxyl groups is 1. The summed E-state index contributed by atoms with van der Waals surface area (Å²) in [5.74, 6) is -0.126. The molecule has 1 heterocycles. The normalized spacial score (nSPS) is 10.5. The van der Waals surface area contributed by atoms with Gasteiger partial charge in [0, 0.05) is 28.3 Å². The first kappa shape index (κ1) is 14.0. The summed E-state index contributed by atoms with van der Waals surface area (Å²) in [4.78, 5) is 22.3. The molecule has 7 heteroatoms. The number of hydrogen-bond donors (Lipinski definition) is 2. The van der Waals surface area contributed by atoms with E-state index in [0.29, 0.717) is 10.4 Å². The molecule has 0 fully saturated rings. The number of anilines is 2. The SMILES string of the molecule is O=c1cc(Nc2cc([N+](=O)[O-])ccc2O)sc2ccccc12. The van der Waals surface area contributed by atoms with Crippen LogP contribution in [0.2, 0.25) is 0 Å². The van der Waals surface area contributed by atoms with Gasteiger partial charge in [0.05, 0.1) is 15.6 Å². The number of benzene rings is 2. The van der Waals surface area contributed by atoms with Crippen molar-refractivity contribution in [3.8, 4) is 5.75 Å². The lowest BCUT2D eigenvalue weighted by Crippen LogP contribution is -2.01. The van der Waals surface area contributed by atoms with E-state index in [9.17, 15) is 20.0 Å². The minimum absolute atomic E-state index is 0.126. The maximum atomic E-state index is 12.0. The van der Waals surface area contributed by atoms with Crippen LogP contribution >= 0.6 is 11.3 Å². The molecule has 2 N–H and O–H groups in total. The first-order valence-electron chi connectivity index (χ1n) is 6.32. The molecule has 0 bridgehead atoms. The molecule has 0 aliphatic rings. The summed E-state index contributed by atoms with van der Waals surface area (Å²) in [6.07, 6.45) is 0. The second-order valence-corrected chi connectivity index (χ2v) is 5.64. The molecule has 3 aromatic rings. The summed E-state index contributed by atoms with van der Waals surface area (Å²) >= 11 is 1.33. The lowest BCUT2D eigenvalue weighted by atomic mass is 10.2. The van der Waals surface area contributed by atoms with Crippen molar-refractivity contribution in [2.45, 2.75) is 0 Å². The third-order valence-corrected chi connectivity index (χ3v) is 4.10. The summed E-state index contributed by atoms with van der Waals surface area (Å²) in [6, 6.07) is 12.3. The van der Waals surface area contributed by atoms with E-state index in [0.717, 1.165) is 4.70 Å². The molecule has 0 unspecified atom stereocenters. The second-order valence-electron chi connectivity index (χ2n) is 4.55. The highest BCUT2D eigenvalue weighted by atomic mass is 32.1. The van der Waals surface area contributed by atoms with Crippen LogP contribution < -0.4 is 10.7 Å². The highest BCUT2D eigenvalue weighted by Crippen LogP contribution is 2.32. The van der Waals surface area contributed by atoms with Crippen LogP contribution in [0, 0.1) is 10.1 Å². The van der Waals surface area contributed by atoms with Gasteiger partial charge in [-0.25, -0.2) is 0 Å². The van der Waals surface area contributed by atoms with Crippen LogP contribution in [0.15, 0.2) is 53.3 Å². The lowest BCUT2D eigenvalue weighted by molar-refractivity contribution is -0.384. The van der Waals surface area contributed by atoms with Crippen LogP contribution in [0.1, 0.15) is 0 Å². The van der Waals surface area contributed by atoms with E-state index in [-0.39, 0.29) is 22.6 Å². The van der Waals surface area contributed by atoms with Crippen LogP contribution in [0.5, 0.6) is 5.75 Å². The van der Waals surface area contributed by atoms with Crippen molar-refractivity contribution in [1.29, 1.82) is 0 Å². The average molecular weight is 314 g/mol. The Bertz CT molecular complexity index is 936. The number of nitro groups is 1. The van der Waals surface area contributed by atoms with Crippen molar-refractivity contribution in [3.05, 3.63) is 68.9 Å². The Morgan fingerprint density at radius 3 is 2.68 bits per heavy atom. The molecule has 0 aliphatic heterocycles. The Hall–Kier alpha value is -2.93. The van der Waals surface area contributed by atoms with Gasteiger partial charge in [-0.1, -0.05) is 12.1 Å². The Balaban J connectivity index is 2.05. The van der Waals surface area contributed by atoms with Gasteiger partial charge in [-0.2, -0.15) is 0 Å². The van der Waals surface area contributed by atoms with Gasteiger partial charge >= 0.3 is 0 Å². The van der Waals surface area contributed by atoms with E-state index >= 15 is 0 Å². The predicted octanol–water partition coefficient (Wildman–Crippen LogP) is 3.62. The predicted molar refractivity (Wildman–Crippen MR) is 86.1 cm³/mol. The van der Waals surface area contributed by atoms with Gasteiger partial charge in [0.2, 0.25) is 0 Å². The van der Waals surface area contributed by atoms with Gasteiger partial charge in [0.25, 0.3) is 5.69 Å². The monoisotopic (exact) mass is 314 g/mol. The van der Waals surface area contributed by atoms with Gasteiger partial charge < -0.3 is 10.4 Å². The van der Waals surface area contributed by atoms with Crippen LogP contribution in [0.3, 0.4) is 0 Å². The number of phenols is 1. The highest BCUT2D eigenvalue weighted by Gasteiger charge is 2.11. The van der Waals surface area contributed by atoms with E-state index < -0.39 is 4.92 Å². The number of rotatable bonds is 3. The van der Waals surface area contributed by atoms with Crippen molar-refractivity contribution in [3.63, 3.8) is 0 Å². The third kappa shape index (κ3) is 2.61. The molecule has 0 saturated heterocycles. The van der Waals surface area contributed by atoms with Crippen molar-refractivity contribution in [2.24, 2.45) is 0 Å². The molecule has 0 amide bonds. The van der Waals surface area contributed by atoms with Crippen molar-refractivity contribution >= 4 is 37.8 Å². The van der Waals surface area contributed by atoms with Crippen LogP contribution in [-0.4, -0.2) is 10.0 Å². The number of nitro benzene ring substituents is 1.